The molecule has 1 amide bonds. The zero-order valence-corrected chi connectivity index (χ0v) is 17.1. The molecule has 7 nitrogen and oxygen atoms in total. The Balaban J connectivity index is 1.35. The highest BCUT2D eigenvalue weighted by Gasteiger charge is 2.27. The van der Waals surface area contributed by atoms with Gasteiger partial charge in [-0.25, -0.2) is 9.97 Å². The second-order valence-corrected chi connectivity index (χ2v) is 8.86. The number of nitrogens with zero attached hydrogens (tertiary/aromatic N) is 4. The monoisotopic (exact) mass is 401 g/mol. The van der Waals surface area contributed by atoms with Gasteiger partial charge in [-0.1, -0.05) is 6.92 Å². The predicted molar refractivity (Wildman–Crippen MR) is 109 cm³/mol. The van der Waals surface area contributed by atoms with Gasteiger partial charge in [0.1, 0.15) is 16.5 Å². The fourth-order valence-electron chi connectivity index (χ4n) is 4.04. The van der Waals surface area contributed by atoms with Crippen LogP contribution in [0.1, 0.15) is 44.3 Å². The fraction of sp³-hybridized carbons (Fsp3) is 0.600. The zero-order valence-electron chi connectivity index (χ0n) is 16.3. The van der Waals surface area contributed by atoms with Gasteiger partial charge in [0.25, 0.3) is 5.56 Å². The highest BCUT2D eigenvalue weighted by molar-refractivity contribution is 7.13. The number of amides is 1. The Morgan fingerprint density at radius 2 is 1.96 bits per heavy atom. The van der Waals surface area contributed by atoms with Crippen LogP contribution >= 0.6 is 11.3 Å². The Kier molecular flexibility index (Phi) is 5.87. The number of likely N-dealkylation sites (tertiary alicyclic amines) is 2. The molecule has 0 radical (unpaired) electrons. The molecular formula is C20H27N5O2S. The standard InChI is InChI=1S/C20H27N5O2S/c1-14-2-7-24(8-3-14)13-18(27)25-9-4-15(5-10-25)19-22-16(12-17(26)23-19)20-21-6-11-28-20/h6,11-12,14-15H,2-5,7-10,13H2,1H3,(H,22,23,26). The van der Waals surface area contributed by atoms with Crippen molar-refractivity contribution in [2.24, 2.45) is 5.92 Å². The highest BCUT2D eigenvalue weighted by Crippen LogP contribution is 2.27. The lowest BCUT2D eigenvalue weighted by Gasteiger charge is -2.35. The Morgan fingerprint density at radius 1 is 1.21 bits per heavy atom. The number of H-pyrrole nitrogens is 1. The minimum absolute atomic E-state index is 0.145. The fourth-order valence-corrected chi connectivity index (χ4v) is 4.64. The maximum absolute atomic E-state index is 12.7. The molecule has 2 aliphatic heterocycles. The molecule has 2 aromatic rings. The number of aromatic nitrogens is 3. The maximum Gasteiger partial charge on any atom is 0.251 e. The summed E-state index contributed by atoms with van der Waals surface area (Å²) in [5, 5.41) is 2.64. The number of nitrogens with one attached hydrogen (secondary N) is 1. The molecule has 0 unspecified atom stereocenters. The van der Waals surface area contributed by atoms with Gasteiger partial charge in [0, 0.05) is 36.7 Å². The lowest BCUT2D eigenvalue weighted by atomic mass is 9.95. The molecule has 4 heterocycles. The van der Waals surface area contributed by atoms with Gasteiger partial charge in [0.05, 0.1) is 6.54 Å². The average Bonchev–Trinajstić information content (AvgIpc) is 3.24. The molecule has 2 aliphatic rings. The summed E-state index contributed by atoms with van der Waals surface area (Å²) in [5.41, 5.74) is 0.486. The minimum atomic E-state index is -0.145. The summed E-state index contributed by atoms with van der Waals surface area (Å²) in [4.78, 5) is 40.8. The van der Waals surface area contributed by atoms with E-state index >= 15 is 0 Å². The first-order valence-corrected chi connectivity index (χ1v) is 11.0. The number of piperidine rings is 2. The third kappa shape index (κ3) is 4.50. The Labute approximate surface area is 168 Å². The van der Waals surface area contributed by atoms with Crippen LogP contribution in [0.3, 0.4) is 0 Å². The van der Waals surface area contributed by atoms with Crippen molar-refractivity contribution < 1.29 is 4.79 Å². The first kappa shape index (κ1) is 19.3. The molecule has 2 fully saturated rings. The van der Waals surface area contributed by atoms with Crippen LogP contribution in [0.15, 0.2) is 22.4 Å². The Bertz CT molecular complexity index is 850. The van der Waals surface area contributed by atoms with E-state index < -0.39 is 0 Å². The molecule has 0 bridgehead atoms. The number of carbonyl (C=O) groups excluding carboxylic acids is 1. The summed E-state index contributed by atoms with van der Waals surface area (Å²) in [7, 11) is 0. The molecular weight excluding hydrogens is 374 g/mol. The van der Waals surface area contributed by atoms with Crippen molar-refractivity contribution in [1.29, 1.82) is 0 Å². The van der Waals surface area contributed by atoms with Crippen LogP contribution in [0, 0.1) is 5.92 Å². The lowest BCUT2D eigenvalue weighted by molar-refractivity contribution is -0.133. The number of rotatable bonds is 4. The zero-order chi connectivity index (χ0) is 19.5. The summed E-state index contributed by atoms with van der Waals surface area (Å²) in [6, 6.07) is 1.50. The van der Waals surface area contributed by atoms with Crippen LogP contribution in [0.2, 0.25) is 0 Å². The third-order valence-corrected chi connectivity index (χ3v) is 6.68. The van der Waals surface area contributed by atoms with Crippen LogP contribution in [0.4, 0.5) is 0 Å². The largest absolute Gasteiger partial charge is 0.342 e. The van der Waals surface area contributed by atoms with Crippen LogP contribution in [0.25, 0.3) is 10.7 Å². The molecule has 0 aromatic carbocycles. The smallest absolute Gasteiger partial charge is 0.251 e. The van der Waals surface area contributed by atoms with Gasteiger partial charge in [-0.3, -0.25) is 14.5 Å². The van der Waals surface area contributed by atoms with Crippen molar-refractivity contribution in [1.82, 2.24) is 24.8 Å². The van der Waals surface area contributed by atoms with E-state index in [1.807, 2.05) is 10.3 Å². The summed E-state index contributed by atoms with van der Waals surface area (Å²) in [6.07, 6.45) is 5.74. The molecule has 2 aromatic heterocycles. The van der Waals surface area contributed by atoms with Gasteiger partial charge < -0.3 is 9.88 Å². The summed E-state index contributed by atoms with van der Waals surface area (Å²) >= 11 is 1.48. The van der Waals surface area contributed by atoms with Crippen LogP contribution in [-0.4, -0.2) is 63.4 Å². The van der Waals surface area contributed by atoms with Gasteiger partial charge >= 0.3 is 0 Å². The first-order valence-electron chi connectivity index (χ1n) is 10.1. The van der Waals surface area contributed by atoms with Crippen molar-refractivity contribution in [2.45, 2.75) is 38.5 Å². The molecule has 0 aliphatic carbocycles. The highest BCUT2D eigenvalue weighted by atomic mass is 32.1. The predicted octanol–water partition coefficient (Wildman–Crippen LogP) is 2.33. The number of hydrogen-bond donors (Lipinski definition) is 1. The minimum Gasteiger partial charge on any atom is -0.342 e. The van der Waals surface area contributed by atoms with Crippen molar-refractivity contribution in [3.05, 3.63) is 33.8 Å². The van der Waals surface area contributed by atoms with Gasteiger partial charge in [-0.05, 0) is 44.7 Å². The number of hydrogen-bond acceptors (Lipinski definition) is 6. The normalized spacial score (nSPS) is 19.8. The number of aromatic amines is 1. The molecule has 28 heavy (non-hydrogen) atoms. The molecule has 150 valence electrons. The topological polar surface area (TPSA) is 82.2 Å². The molecule has 0 saturated carbocycles. The number of carbonyl (C=O) groups is 1. The van der Waals surface area contributed by atoms with E-state index in [1.165, 1.54) is 30.2 Å². The Morgan fingerprint density at radius 3 is 2.64 bits per heavy atom. The van der Waals surface area contributed by atoms with Gasteiger partial charge in [-0.2, -0.15) is 0 Å². The van der Waals surface area contributed by atoms with Crippen LogP contribution in [0.5, 0.6) is 0 Å². The molecule has 0 spiro atoms. The van der Waals surface area contributed by atoms with Crippen molar-refractivity contribution in [3.63, 3.8) is 0 Å². The van der Waals surface area contributed by atoms with Gasteiger partial charge in [0.15, 0.2) is 0 Å². The summed E-state index contributed by atoms with van der Waals surface area (Å²) < 4.78 is 0. The first-order chi connectivity index (χ1) is 13.6. The summed E-state index contributed by atoms with van der Waals surface area (Å²) in [6.45, 7) is 6.31. The molecule has 4 rings (SSSR count). The Hall–Kier alpha value is -2.06. The van der Waals surface area contributed by atoms with E-state index in [9.17, 15) is 9.59 Å². The van der Waals surface area contributed by atoms with E-state index in [4.69, 9.17) is 0 Å². The molecule has 8 heteroatoms. The SMILES string of the molecule is CC1CCN(CC(=O)N2CCC(c3nc(-c4nccs4)cc(=O)[nH]3)CC2)CC1. The second kappa shape index (κ2) is 8.53. The van der Waals surface area contributed by atoms with E-state index in [1.54, 1.807) is 6.20 Å². The molecule has 2 saturated heterocycles. The van der Waals surface area contributed by atoms with Crippen molar-refractivity contribution in [3.8, 4) is 10.7 Å². The average molecular weight is 402 g/mol. The molecule has 0 atom stereocenters. The van der Waals surface area contributed by atoms with E-state index in [0.717, 1.165) is 55.8 Å². The third-order valence-electron chi connectivity index (χ3n) is 5.88. The molecule has 1 N–H and O–H groups in total. The van der Waals surface area contributed by atoms with Gasteiger partial charge in [-0.15, -0.1) is 11.3 Å². The van der Waals surface area contributed by atoms with Crippen molar-refractivity contribution in [2.75, 3.05) is 32.7 Å². The second-order valence-electron chi connectivity index (χ2n) is 7.97. The van der Waals surface area contributed by atoms with Crippen LogP contribution in [-0.2, 0) is 4.79 Å². The quantitative estimate of drug-likeness (QED) is 0.850. The van der Waals surface area contributed by atoms with Crippen LogP contribution < -0.4 is 5.56 Å². The van der Waals surface area contributed by atoms with Gasteiger partial charge in [0.2, 0.25) is 5.91 Å². The van der Waals surface area contributed by atoms with E-state index in [2.05, 4.69) is 26.8 Å². The lowest BCUT2D eigenvalue weighted by Crippen LogP contribution is -2.45. The maximum atomic E-state index is 12.7. The van der Waals surface area contributed by atoms with E-state index in [-0.39, 0.29) is 17.4 Å². The number of thiazole rings is 1. The summed E-state index contributed by atoms with van der Waals surface area (Å²) in [5.74, 6) is 1.89. The van der Waals surface area contributed by atoms with E-state index in [0.29, 0.717) is 12.2 Å². The van der Waals surface area contributed by atoms with Crippen molar-refractivity contribution >= 4 is 17.2 Å².